The van der Waals surface area contributed by atoms with Crippen molar-refractivity contribution < 1.29 is 8.42 Å². The molecule has 5 heteroatoms. The summed E-state index contributed by atoms with van der Waals surface area (Å²) in [4.78, 5) is 1.24. The molecule has 0 saturated carbocycles. The molecule has 0 fully saturated rings. The third-order valence-corrected chi connectivity index (χ3v) is 5.26. The SMILES string of the molecule is CCCS(=O)(=O)CCNC(C)c1cccs1. The number of nitrogens with one attached hydrogen (secondary N) is 1. The van der Waals surface area contributed by atoms with E-state index in [2.05, 4.69) is 18.3 Å². The molecule has 1 atom stereocenters. The van der Waals surface area contributed by atoms with Gasteiger partial charge in [0.25, 0.3) is 0 Å². The second-order valence-electron chi connectivity index (χ2n) is 3.84. The second kappa shape index (κ2) is 6.37. The smallest absolute Gasteiger partial charge is 0.151 e. The van der Waals surface area contributed by atoms with Crippen LogP contribution in [0, 0.1) is 0 Å². The van der Waals surface area contributed by atoms with Gasteiger partial charge in [0.15, 0.2) is 9.84 Å². The minimum Gasteiger partial charge on any atom is -0.308 e. The minimum atomic E-state index is -2.86. The lowest BCUT2D eigenvalue weighted by molar-refractivity contribution is 0.575. The van der Waals surface area contributed by atoms with E-state index < -0.39 is 9.84 Å². The molecule has 1 rings (SSSR count). The fraction of sp³-hybridized carbons (Fsp3) is 0.636. The molecule has 1 aromatic heterocycles. The highest BCUT2D eigenvalue weighted by Gasteiger charge is 2.10. The quantitative estimate of drug-likeness (QED) is 0.818. The molecular weight excluding hydrogens is 242 g/mol. The van der Waals surface area contributed by atoms with Gasteiger partial charge in [-0.1, -0.05) is 13.0 Å². The normalized spacial score (nSPS) is 13.9. The summed E-state index contributed by atoms with van der Waals surface area (Å²) in [5.74, 6) is 0.526. The molecule has 16 heavy (non-hydrogen) atoms. The molecule has 0 amide bonds. The van der Waals surface area contributed by atoms with Crippen molar-refractivity contribution in [3.8, 4) is 0 Å². The maximum absolute atomic E-state index is 11.5. The highest BCUT2D eigenvalue weighted by atomic mass is 32.2. The van der Waals surface area contributed by atoms with E-state index in [1.54, 1.807) is 11.3 Å². The molecule has 0 aromatic carbocycles. The van der Waals surface area contributed by atoms with Crippen LogP contribution in [-0.4, -0.2) is 26.5 Å². The summed E-state index contributed by atoms with van der Waals surface area (Å²) < 4.78 is 22.9. The fourth-order valence-electron chi connectivity index (χ4n) is 1.48. The van der Waals surface area contributed by atoms with Crippen LogP contribution >= 0.6 is 11.3 Å². The second-order valence-corrected chi connectivity index (χ2v) is 7.13. The lowest BCUT2D eigenvalue weighted by Crippen LogP contribution is -2.26. The summed E-state index contributed by atoms with van der Waals surface area (Å²) in [5.41, 5.74) is 0. The first kappa shape index (κ1) is 13.7. The lowest BCUT2D eigenvalue weighted by atomic mass is 10.3. The van der Waals surface area contributed by atoms with Crippen LogP contribution in [0.25, 0.3) is 0 Å². The van der Waals surface area contributed by atoms with Gasteiger partial charge in [-0.2, -0.15) is 0 Å². The maximum Gasteiger partial charge on any atom is 0.151 e. The molecule has 1 aromatic rings. The Bertz CT molecular complexity index is 384. The first-order valence-electron chi connectivity index (χ1n) is 5.52. The van der Waals surface area contributed by atoms with Gasteiger partial charge >= 0.3 is 0 Å². The zero-order chi connectivity index (χ0) is 12.0. The average molecular weight is 261 g/mol. The van der Waals surface area contributed by atoms with Gasteiger partial charge in [0, 0.05) is 23.2 Å². The predicted octanol–water partition coefficient (Wildman–Crippen LogP) is 2.22. The molecule has 0 saturated heterocycles. The summed E-state index contributed by atoms with van der Waals surface area (Å²) in [6.45, 7) is 4.47. The maximum atomic E-state index is 11.5. The van der Waals surface area contributed by atoms with Gasteiger partial charge in [-0.25, -0.2) is 8.42 Å². The van der Waals surface area contributed by atoms with Crippen LogP contribution in [0.3, 0.4) is 0 Å². The standard InChI is InChI=1S/C11H19NO2S2/c1-3-8-16(13,14)9-6-12-10(2)11-5-4-7-15-11/h4-5,7,10,12H,3,6,8-9H2,1-2H3. The Kier molecular flexibility index (Phi) is 5.44. The number of hydrogen-bond donors (Lipinski definition) is 1. The van der Waals surface area contributed by atoms with E-state index in [0.29, 0.717) is 18.7 Å². The van der Waals surface area contributed by atoms with Crippen LogP contribution in [0.5, 0.6) is 0 Å². The molecule has 0 spiro atoms. The average Bonchev–Trinajstić information content (AvgIpc) is 2.69. The molecule has 0 aliphatic heterocycles. The number of rotatable bonds is 7. The van der Waals surface area contributed by atoms with E-state index in [4.69, 9.17) is 0 Å². The van der Waals surface area contributed by atoms with Crippen molar-refractivity contribution in [1.29, 1.82) is 0 Å². The number of hydrogen-bond acceptors (Lipinski definition) is 4. The van der Waals surface area contributed by atoms with Crippen molar-refractivity contribution in [2.45, 2.75) is 26.3 Å². The van der Waals surface area contributed by atoms with Crippen molar-refractivity contribution in [1.82, 2.24) is 5.32 Å². The molecule has 1 heterocycles. The van der Waals surface area contributed by atoms with Crippen molar-refractivity contribution in [3.63, 3.8) is 0 Å². The Morgan fingerprint density at radius 2 is 2.19 bits per heavy atom. The summed E-state index contributed by atoms with van der Waals surface area (Å²) in [5, 5.41) is 5.26. The molecule has 0 aliphatic rings. The summed E-state index contributed by atoms with van der Waals surface area (Å²) >= 11 is 1.69. The first-order valence-corrected chi connectivity index (χ1v) is 8.22. The van der Waals surface area contributed by atoms with E-state index in [0.717, 1.165) is 0 Å². The van der Waals surface area contributed by atoms with Crippen LogP contribution < -0.4 is 5.32 Å². The Morgan fingerprint density at radius 3 is 2.75 bits per heavy atom. The van der Waals surface area contributed by atoms with Gasteiger partial charge in [0.2, 0.25) is 0 Å². The van der Waals surface area contributed by atoms with Gasteiger partial charge in [-0.3, -0.25) is 0 Å². The lowest BCUT2D eigenvalue weighted by Gasteiger charge is -2.11. The Balaban J connectivity index is 2.31. The molecule has 0 aliphatic carbocycles. The highest BCUT2D eigenvalue weighted by Crippen LogP contribution is 2.17. The molecule has 3 nitrogen and oxygen atoms in total. The van der Waals surface area contributed by atoms with Crippen LogP contribution in [0.2, 0.25) is 0 Å². The Morgan fingerprint density at radius 1 is 1.44 bits per heavy atom. The van der Waals surface area contributed by atoms with Crippen LogP contribution in [0.4, 0.5) is 0 Å². The van der Waals surface area contributed by atoms with Crippen LogP contribution in [0.1, 0.15) is 31.2 Å². The van der Waals surface area contributed by atoms with E-state index in [1.165, 1.54) is 4.88 Å². The molecular formula is C11H19NO2S2. The van der Waals surface area contributed by atoms with Crippen molar-refractivity contribution in [3.05, 3.63) is 22.4 Å². The third-order valence-electron chi connectivity index (χ3n) is 2.35. The van der Waals surface area contributed by atoms with Crippen molar-refractivity contribution >= 4 is 21.2 Å². The van der Waals surface area contributed by atoms with Crippen LogP contribution in [-0.2, 0) is 9.84 Å². The first-order chi connectivity index (χ1) is 7.55. The summed E-state index contributed by atoms with van der Waals surface area (Å²) in [6, 6.07) is 4.30. The minimum absolute atomic E-state index is 0.233. The Labute approximate surface area is 102 Å². The monoisotopic (exact) mass is 261 g/mol. The van der Waals surface area contributed by atoms with Gasteiger partial charge < -0.3 is 5.32 Å². The molecule has 1 unspecified atom stereocenters. The zero-order valence-electron chi connectivity index (χ0n) is 9.77. The molecule has 92 valence electrons. The summed E-state index contributed by atoms with van der Waals surface area (Å²) in [6.07, 6.45) is 0.697. The van der Waals surface area contributed by atoms with E-state index >= 15 is 0 Å². The van der Waals surface area contributed by atoms with Crippen LogP contribution in [0.15, 0.2) is 17.5 Å². The topological polar surface area (TPSA) is 46.2 Å². The van der Waals surface area contributed by atoms with Crippen molar-refractivity contribution in [2.24, 2.45) is 0 Å². The molecule has 0 radical (unpaired) electrons. The van der Waals surface area contributed by atoms with Gasteiger partial charge in [0.05, 0.1) is 5.75 Å². The summed E-state index contributed by atoms with van der Waals surface area (Å²) in [7, 11) is -2.86. The van der Waals surface area contributed by atoms with E-state index in [9.17, 15) is 8.42 Å². The van der Waals surface area contributed by atoms with E-state index in [-0.39, 0.29) is 11.8 Å². The van der Waals surface area contributed by atoms with Gasteiger partial charge in [0.1, 0.15) is 0 Å². The predicted molar refractivity (Wildman–Crippen MR) is 69.7 cm³/mol. The molecule has 1 N–H and O–H groups in total. The highest BCUT2D eigenvalue weighted by molar-refractivity contribution is 7.91. The Hall–Kier alpha value is -0.390. The van der Waals surface area contributed by atoms with E-state index in [1.807, 2.05) is 18.4 Å². The molecule has 0 bridgehead atoms. The fourth-order valence-corrected chi connectivity index (χ4v) is 3.50. The zero-order valence-corrected chi connectivity index (χ0v) is 11.4. The number of thiophene rings is 1. The number of sulfone groups is 1. The largest absolute Gasteiger partial charge is 0.308 e. The van der Waals surface area contributed by atoms with Gasteiger partial charge in [-0.15, -0.1) is 11.3 Å². The van der Waals surface area contributed by atoms with Gasteiger partial charge in [-0.05, 0) is 24.8 Å². The third kappa shape index (κ3) is 4.63. The van der Waals surface area contributed by atoms with Crippen molar-refractivity contribution in [2.75, 3.05) is 18.1 Å².